The lowest BCUT2D eigenvalue weighted by atomic mass is 10.0. The number of ether oxygens (including phenoxy) is 2. The minimum absolute atomic E-state index is 0.0693. The second-order valence-corrected chi connectivity index (χ2v) is 25.3. The quantitative estimate of drug-likeness (QED) is 0.0373. The van der Waals surface area contributed by atoms with Crippen LogP contribution in [0.5, 0.6) is 0 Å². The van der Waals surface area contributed by atoms with E-state index in [1.807, 2.05) is 0 Å². The second kappa shape index (κ2) is 80.5. The molecule has 0 bridgehead atoms. The van der Waals surface area contributed by atoms with Crippen LogP contribution in [-0.2, 0) is 19.1 Å². The molecule has 5 nitrogen and oxygen atoms in total. The molecule has 5 heteroatoms. The lowest BCUT2D eigenvalue weighted by Crippen LogP contribution is -2.28. The third-order valence-corrected chi connectivity index (χ3v) is 16.5. The summed E-state index contributed by atoms with van der Waals surface area (Å²) in [4.78, 5) is 24.7. The van der Waals surface area contributed by atoms with E-state index in [0.717, 1.165) is 128 Å². The smallest absolute Gasteiger partial charge is 0.306 e. The fraction of sp³-hybridized carbons (Fsp3) is 0.655. The van der Waals surface area contributed by atoms with E-state index >= 15 is 0 Å². The minimum atomic E-state index is -0.781. The van der Waals surface area contributed by atoms with Crippen LogP contribution in [0.3, 0.4) is 0 Å². The summed E-state index contributed by atoms with van der Waals surface area (Å²) >= 11 is 0. The van der Waals surface area contributed by atoms with E-state index in [-0.39, 0.29) is 25.2 Å². The van der Waals surface area contributed by atoms with Gasteiger partial charge in [0.2, 0.25) is 0 Å². The van der Waals surface area contributed by atoms with E-state index < -0.39 is 6.10 Å². The predicted molar refractivity (Wildman–Crippen MR) is 407 cm³/mol. The van der Waals surface area contributed by atoms with E-state index in [9.17, 15) is 14.7 Å². The summed E-state index contributed by atoms with van der Waals surface area (Å²) in [6.07, 6.45) is 124. The number of esters is 2. The highest BCUT2D eigenvalue weighted by Gasteiger charge is 2.16. The molecular formula is C87H144O5. The molecule has 0 aromatic carbocycles. The van der Waals surface area contributed by atoms with Crippen LogP contribution in [0.4, 0.5) is 0 Å². The molecule has 0 fully saturated rings. The Morgan fingerprint density at radius 1 is 0.250 bits per heavy atom. The number of hydrogen-bond acceptors (Lipinski definition) is 5. The molecule has 0 saturated heterocycles. The van der Waals surface area contributed by atoms with E-state index in [1.165, 1.54) is 193 Å². The van der Waals surface area contributed by atoms with Crippen molar-refractivity contribution in [1.82, 2.24) is 0 Å². The highest BCUT2D eigenvalue weighted by Crippen LogP contribution is 2.18. The number of carbonyl (C=O) groups is 2. The first-order valence-corrected chi connectivity index (χ1v) is 38.7. The van der Waals surface area contributed by atoms with E-state index in [2.05, 4.69) is 184 Å². The summed E-state index contributed by atoms with van der Waals surface area (Å²) < 4.78 is 10.8. The van der Waals surface area contributed by atoms with Gasteiger partial charge in [-0.3, -0.25) is 9.59 Å². The largest absolute Gasteiger partial charge is 0.462 e. The fourth-order valence-electron chi connectivity index (χ4n) is 10.8. The Kier molecular flexibility index (Phi) is 76.3. The number of aliphatic hydroxyl groups excluding tert-OH is 1. The van der Waals surface area contributed by atoms with E-state index in [1.54, 1.807) is 0 Å². The Morgan fingerprint density at radius 2 is 0.435 bits per heavy atom. The van der Waals surface area contributed by atoms with E-state index in [0.29, 0.717) is 12.8 Å². The standard InChI is InChI=1S/C87H144O5/c1-3-5-7-9-11-13-15-17-19-21-23-25-27-29-31-33-35-37-39-41-43-45-47-49-51-53-55-57-59-61-63-65-67-69-71-73-75-77-79-81-86(89)91-84-85(83-88)92-87(90)82-80-78-76-74-72-70-68-66-64-62-60-58-56-54-52-50-48-46-44-42-40-38-36-34-32-30-28-26-24-22-20-18-16-14-12-10-8-6-4-2/h5-8,11-14,17-20,23-26,29-32,35-38,41-44,85,88H,3-4,9-10,15-16,21-22,27-28,33-34,39-40,45-84H2,1-2H3/b7-5-,8-6-,13-11-,14-12-,19-17-,20-18-,25-23-,26-24-,31-29-,32-30-,37-35-,38-36-,43-41-,44-42-. The summed E-state index contributed by atoms with van der Waals surface area (Å²) in [6.45, 7) is 3.93. The van der Waals surface area contributed by atoms with Crippen LogP contribution in [0.1, 0.15) is 348 Å². The predicted octanol–water partition coefficient (Wildman–Crippen LogP) is 27.5. The molecule has 1 N–H and O–H groups in total. The van der Waals surface area contributed by atoms with Gasteiger partial charge in [-0.2, -0.15) is 0 Å². The average Bonchev–Trinajstić information content (AvgIpc) is 3.75. The molecule has 0 amide bonds. The van der Waals surface area contributed by atoms with Gasteiger partial charge in [0.05, 0.1) is 6.61 Å². The number of carbonyl (C=O) groups excluding carboxylic acids is 2. The first-order valence-electron chi connectivity index (χ1n) is 38.7. The molecule has 92 heavy (non-hydrogen) atoms. The van der Waals surface area contributed by atoms with Gasteiger partial charge in [0.25, 0.3) is 0 Å². The SMILES string of the molecule is CC/C=C\C/C=C\C/C=C\C/C=C\C/C=C\C/C=C\C/C=C\CCCCCCCCCCCCCCCCCCCC(=O)OCC(CO)OC(=O)CCCCCCCCCCCCCCCCCCC/C=C\C/C=C\C/C=C\C/C=C\C/C=C\C/C=C\C/C=C\CC. The van der Waals surface area contributed by atoms with Gasteiger partial charge in [0.1, 0.15) is 6.61 Å². The van der Waals surface area contributed by atoms with Crippen LogP contribution in [-0.4, -0.2) is 36.4 Å². The third-order valence-electron chi connectivity index (χ3n) is 16.5. The first-order chi connectivity index (χ1) is 45.6. The molecule has 522 valence electrons. The van der Waals surface area contributed by atoms with Crippen molar-refractivity contribution in [3.05, 3.63) is 170 Å². The Balaban J connectivity index is 3.48. The summed E-state index contributed by atoms with van der Waals surface area (Å²) in [5.41, 5.74) is 0. The maximum absolute atomic E-state index is 12.4. The molecule has 0 aliphatic carbocycles. The number of rotatable bonds is 70. The Bertz CT molecular complexity index is 1980. The van der Waals surface area contributed by atoms with Gasteiger partial charge in [-0.25, -0.2) is 0 Å². The molecule has 0 spiro atoms. The van der Waals surface area contributed by atoms with Crippen molar-refractivity contribution in [1.29, 1.82) is 0 Å². The molecule has 0 aromatic heterocycles. The molecular weight excluding hydrogens is 1120 g/mol. The highest BCUT2D eigenvalue weighted by atomic mass is 16.6. The minimum Gasteiger partial charge on any atom is -0.462 e. The summed E-state index contributed by atoms with van der Waals surface area (Å²) in [6, 6.07) is 0. The zero-order valence-electron chi connectivity index (χ0n) is 60.0. The van der Waals surface area contributed by atoms with Gasteiger partial charge in [0.15, 0.2) is 6.10 Å². The van der Waals surface area contributed by atoms with Crippen LogP contribution in [0, 0.1) is 0 Å². The molecule has 0 radical (unpaired) electrons. The van der Waals surface area contributed by atoms with Gasteiger partial charge < -0.3 is 14.6 Å². The number of hydrogen-bond donors (Lipinski definition) is 1. The monoisotopic (exact) mass is 1270 g/mol. The summed E-state index contributed by atoms with van der Waals surface area (Å²) in [5, 5.41) is 9.73. The number of unbranched alkanes of at least 4 members (excludes halogenated alkanes) is 34. The van der Waals surface area contributed by atoms with Crippen LogP contribution in [0.15, 0.2) is 170 Å². The molecule has 0 saturated carbocycles. The summed E-state index contributed by atoms with van der Waals surface area (Å²) in [5.74, 6) is -0.583. The maximum Gasteiger partial charge on any atom is 0.306 e. The molecule has 0 rings (SSSR count). The van der Waals surface area contributed by atoms with Gasteiger partial charge in [-0.15, -0.1) is 0 Å². The third kappa shape index (κ3) is 77.7. The molecule has 0 aromatic rings. The summed E-state index contributed by atoms with van der Waals surface area (Å²) in [7, 11) is 0. The van der Waals surface area contributed by atoms with Gasteiger partial charge in [0, 0.05) is 12.8 Å². The van der Waals surface area contributed by atoms with E-state index in [4.69, 9.17) is 9.47 Å². The van der Waals surface area contributed by atoms with Crippen LogP contribution in [0.2, 0.25) is 0 Å². The zero-order valence-corrected chi connectivity index (χ0v) is 60.0. The second-order valence-electron chi connectivity index (χ2n) is 25.3. The number of aliphatic hydroxyl groups is 1. The lowest BCUT2D eigenvalue weighted by Gasteiger charge is -2.15. The average molecular weight is 1270 g/mol. The van der Waals surface area contributed by atoms with Crippen molar-refractivity contribution in [2.45, 2.75) is 354 Å². The van der Waals surface area contributed by atoms with Crippen LogP contribution in [0.25, 0.3) is 0 Å². The normalized spacial score (nSPS) is 13.2. The Hall–Kier alpha value is -4.74. The van der Waals surface area contributed by atoms with Crippen molar-refractivity contribution < 1.29 is 24.2 Å². The van der Waals surface area contributed by atoms with Crippen molar-refractivity contribution in [3.8, 4) is 0 Å². The molecule has 0 heterocycles. The maximum atomic E-state index is 12.4. The molecule has 0 aliphatic rings. The van der Waals surface area contributed by atoms with Gasteiger partial charge in [-0.1, -0.05) is 377 Å². The van der Waals surface area contributed by atoms with Crippen molar-refractivity contribution >= 4 is 11.9 Å². The van der Waals surface area contributed by atoms with Crippen molar-refractivity contribution in [2.75, 3.05) is 13.2 Å². The zero-order chi connectivity index (χ0) is 66.1. The molecule has 1 atom stereocenters. The Labute approximate surface area is 570 Å². The topological polar surface area (TPSA) is 72.8 Å². The first kappa shape index (κ1) is 87.3. The number of allylic oxidation sites excluding steroid dienone is 28. The van der Waals surface area contributed by atoms with Gasteiger partial charge >= 0.3 is 11.9 Å². The fourth-order valence-corrected chi connectivity index (χ4v) is 10.8. The highest BCUT2D eigenvalue weighted by molar-refractivity contribution is 5.70. The van der Waals surface area contributed by atoms with Crippen molar-refractivity contribution in [3.63, 3.8) is 0 Å². The molecule has 1 unspecified atom stereocenters. The van der Waals surface area contributed by atoms with Crippen LogP contribution >= 0.6 is 0 Å². The van der Waals surface area contributed by atoms with Crippen molar-refractivity contribution in [2.24, 2.45) is 0 Å². The van der Waals surface area contributed by atoms with Gasteiger partial charge in [-0.05, 0) is 128 Å². The molecule has 0 aliphatic heterocycles. The Morgan fingerprint density at radius 3 is 0.652 bits per heavy atom. The lowest BCUT2D eigenvalue weighted by molar-refractivity contribution is -0.161. The van der Waals surface area contributed by atoms with Crippen LogP contribution < -0.4 is 0 Å².